The Morgan fingerprint density at radius 2 is 2.21 bits per heavy atom. The maximum absolute atomic E-state index is 10.9. The van der Waals surface area contributed by atoms with Gasteiger partial charge in [0.15, 0.2) is 5.69 Å². The van der Waals surface area contributed by atoms with Gasteiger partial charge in [0.25, 0.3) is 5.69 Å². The zero-order valence-electron chi connectivity index (χ0n) is 9.78. The van der Waals surface area contributed by atoms with Crippen LogP contribution >= 0.6 is 11.3 Å². The second kappa shape index (κ2) is 4.65. The van der Waals surface area contributed by atoms with Crippen LogP contribution < -0.4 is 5.73 Å². The molecule has 0 saturated heterocycles. The second-order valence-corrected chi connectivity index (χ2v) is 4.82. The van der Waals surface area contributed by atoms with E-state index in [0.717, 1.165) is 11.3 Å². The lowest BCUT2D eigenvalue weighted by Crippen LogP contribution is -2.00. The molecule has 98 valence electrons. The van der Waals surface area contributed by atoms with Gasteiger partial charge in [-0.15, -0.1) is 0 Å². The third-order valence-electron chi connectivity index (χ3n) is 2.51. The van der Waals surface area contributed by atoms with Crippen molar-refractivity contribution in [1.82, 2.24) is 4.98 Å². The van der Waals surface area contributed by atoms with Gasteiger partial charge in [0, 0.05) is 17.7 Å². The fraction of sp³-hybridized carbons (Fsp3) is 0.0909. The number of aromatic carboxylic acids is 1. The van der Waals surface area contributed by atoms with Crippen molar-refractivity contribution in [3.63, 3.8) is 0 Å². The number of aryl methyl sites for hydroxylation is 1. The van der Waals surface area contributed by atoms with E-state index in [2.05, 4.69) is 4.98 Å². The van der Waals surface area contributed by atoms with Gasteiger partial charge < -0.3 is 10.8 Å². The molecule has 0 aliphatic rings. The highest BCUT2D eigenvalue weighted by Crippen LogP contribution is 2.33. The summed E-state index contributed by atoms with van der Waals surface area (Å²) in [6.45, 7) is 1.69. The van der Waals surface area contributed by atoms with Crippen LogP contribution in [0.4, 0.5) is 10.7 Å². The van der Waals surface area contributed by atoms with Crippen LogP contribution in [0.25, 0.3) is 10.6 Å². The van der Waals surface area contributed by atoms with Crippen molar-refractivity contribution >= 4 is 28.0 Å². The molecule has 1 aromatic heterocycles. The number of thiazole rings is 1. The first-order valence-corrected chi connectivity index (χ1v) is 5.97. The second-order valence-electron chi connectivity index (χ2n) is 3.79. The van der Waals surface area contributed by atoms with Gasteiger partial charge in [0.2, 0.25) is 0 Å². The summed E-state index contributed by atoms with van der Waals surface area (Å²) in [6, 6.07) is 4.30. The van der Waals surface area contributed by atoms with Crippen LogP contribution in [0, 0.1) is 17.0 Å². The molecule has 0 aliphatic heterocycles. The molecule has 0 bridgehead atoms. The number of nitrogens with two attached hydrogens (primary N) is 1. The number of hydrogen-bond acceptors (Lipinski definition) is 6. The lowest BCUT2D eigenvalue weighted by Gasteiger charge is -2.01. The van der Waals surface area contributed by atoms with E-state index in [1.54, 1.807) is 6.92 Å². The predicted molar refractivity (Wildman–Crippen MR) is 70.3 cm³/mol. The average Bonchev–Trinajstić information content (AvgIpc) is 2.71. The summed E-state index contributed by atoms with van der Waals surface area (Å²) in [5.41, 5.74) is 6.63. The summed E-state index contributed by atoms with van der Waals surface area (Å²) in [5, 5.41) is 20.1. The standard InChI is InChI=1S/C11H9N3O4S/c1-5-4-6(14(17)18)2-3-7(5)10-13-8(11(15)16)9(12)19-10/h2-4H,12H2,1H3,(H,15,16). The Kier molecular flexibility index (Phi) is 3.17. The number of nitrogens with zero attached hydrogens (tertiary/aromatic N) is 2. The number of aromatic nitrogens is 1. The van der Waals surface area contributed by atoms with Gasteiger partial charge >= 0.3 is 5.97 Å². The van der Waals surface area contributed by atoms with Crippen LogP contribution in [0.15, 0.2) is 18.2 Å². The average molecular weight is 279 g/mol. The van der Waals surface area contributed by atoms with E-state index >= 15 is 0 Å². The molecule has 0 spiro atoms. The van der Waals surface area contributed by atoms with Gasteiger partial charge in [-0.25, -0.2) is 9.78 Å². The highest BCUT2D eigenvalue weighted by molar-refractivity contribution is 7.19. The highest BCUT2D eigenvalue weighted by atomic mass is 32.1. The SMILES string of the molecule is Cc1cc([N+](=O)[O-])ccc1-c1nc(C(=O)O)c(N)s1. The number of hydrogen-bond donors (Lipinski definition) is 2. The minimum Gasteiger partial charge on any atom is -0.476 e. The Bertz CT molecular complexity index is 681. The molecule has 0 fully saturated rings. The molecule has 8 heteroatoms. The molecule has 2 rings (SSSR count). The Labute approximate surface area is 111 Å². The van der Waals surface area contributed by atoms with Crippen molar-refractivity contribution in [1.29, 1.82) is 0 Å². The monoisotopic (exact) mass is 279 g/mol. The molecule has 7 nitrogen and oxygen atoms in total. The number of nitro benzene ring substituents is 1. The number of benzene rings is 1. The van der Waals surface area contributed by atoms with E-state index < -0.39 is 10.9 Å². The zero-order chi connectivity index (χ0) is 14.2. The summed E-state index contributed by atoms with van der Waals surface area (Å²) in [5.74, 6) is -1.19. The van der Waals surface area contributed by atoms with Crippen LogP contribution in [0.2, 0.25) is 0 Å². The number of anilines is 1. The number of carboxylic acid groups (broad SMARTS) is 1. The summed E-state index contributed by atoms with van der Waals surface area (Å²) < 4.78 is 0. The third-order valence-corrected chi connectivity index (χ3v) is 3.42. The number of carbonyl (C=O) groups is 1. The number of nitro groups is 1. The topological polar surface area (TPSA) is 119 Å². The van der Waals surface area contributed by atoms with Gasteiger partial charge in [-0.3, -0.25) is 10.1 Å². The van der Waals surface area contributed by atoms with E-state index in [-0.39, 0.29) is 16.4 Å². The largest absolute Gasteiger partial charge is 0.476 e. The van der Waals surface area contributed by atoms with Crippen molar-refractivity contribution < 1.29 is 14.8 Å². The first kappa shape index (κ1) is 13.0. The van der Waals surface area contributed by atoms with E-state index in [4.69, 9.17) is 10.8 Å². The van der Waals surface area contributed by atoms with Crippen LogP contribution in [0.3, 0.4) is 0 Å². The van der Waals surface area contributed by atoms with E-state index in [1.807, 2.05) is 0 Å². The molecular weight excluding hydrogens is 270 g/mol. The first-order valence-electron chi connectivity index (χ1n) is 5.15. The number of non-ortho nitro benzene ring substituents is 1. The lowest BCUT2D eigenvalue weighted by atomic mass is 10.1. The predicted octanol–water partition coefficient (Wildman–Crippen LogP) is 2.31. The van der Waals surface area contributed by atoms with Crippen molar-refractivity contribution in [3.8, 4) is 10.6 Å². The summed E-state index contributed by atoms with van der Waals surface area (Å²) >= 11 is 1.04. The molecule has 1 aromatic carbocycles. The molecule has 0 amide bonds. The van der Waals surface area contributed by atoms with Crippen molar-refractivity contribution in [3.05, 3.63) is 39.6 Å². The molecule has 19 heavy (non-hydrogen) atoms. The Morgan fingerprint density at radius 3 is 2.68 bits per heavy atom. The molecule has 1 heterocycles. The first-order chi connectivity index (χ1) is 8.90. The summed E-state index contributed by atoms with van der Waals surface area (Å²) in [7, 11) is 0. The molecule has 0 radical (unpaired) electrons. The van der Waals surface area contributed by atoms with E-state index in [9.17, 15) is 14.9 Å². The minimum absolute atomic E-state index is 0.0239. The van der Waals surface area contributed by atoms with Crippen LogP contribution in [0.1, 0.15) is 16.1 Å². The maximum atomic E-state index is 10.9. The summed E-state index contributed by atoms with van der Waals surface area (Å²) in [4.78, 5) is 25.0. The summed E-state index contributed by atoms with van der Waals surface area (Å²) in [6.07, 6.45) is 0. The molecule has 0 aliphatic carbocycles. The van der Waals surface area contributed by atoms with Crippen LogP contribution in [-0.2, 0) is 0 Å². The number of rotatable bonds is 3. The van der Waals surface area contributed by atoms with E-state index in [1.165, 1.54) is 18.2 Å². The van der Waals surface area contributed by atoms with Gasteiger partial charge in [-0.05, 0) is 18.6 Å². The highest BCUT2D eigenvalue weighted by Gasteiger charge is 2.18. The maximum Gasteiger partial charge on any atom is 0.357 e. The Hall–Kier alpha value is -2.48. The van der Waals surface area contributed by atoms with Gasteiger partial charge in [0.1, 0.15) is 10.0 Å². The molecule has 3 N–H and O–H groups in total. The molecular formula is C11H9N3O4S. The van der Waals surface area contributed by atoms with Crippen molar-refractivity contribution in [2.75, 3.05) is 5.73 Å². The zero-order valence-corrected chi connectivity index (χ0v) is 10.6. The number of carboxylic acids is 1. The van der Waals surface area contributed by atoms with E-state index in [0.29, 0.717) is 16.1 Å². The lowest BCUT2D eigenvalue weighted by molar-refractivity contribution is -0.384. The molecule has 0 unspecified atom stereocenters. The van der Waals surface area contributed by atoms with Crippen molar-refractivity contribution in [2.24, 2.45) is 0 Å². The quantitative estimate of drug-likeness (QED) is 0.657. The van der Waals surface area contributed by atoms with Crippen molar-refractivity contribution in [2.45, 2.75) is 6.92 Å². The fourth-order valence-electron chi connectivity index (χ4n) is 1.60. The Morgan fingerprint density at radius 1 is 1.53 bits per heavy atom. The van der Waals surface area contributed by atoms with Crippen LogP contribution in [0.5, 0.6) is 0 Å². The Balaban J connectivity index is 2.50. The smallest absolute Gasteiger partial charge is 0.357 e. The van der Waals surface area contributed by atoms with Gasteiger partial charge in [0.05, 0.1) is 4.92 Å². The van der Waals surface area contributed by atoms with Crippen LogP contribution in [-0.4, -0.2) is 21.0 Å². The van der Waals surface area contributed by atoms with Gasteiger partial charge in [-0.1, -0.05) is 11.3 Å². The fourth-order valence-corrected chi connectivity index (χ4v) is 2.52. The molecule has 0 atom stereocenters. The normalized spacial score (nSPS) is 10.4. The number of nitrogen functional groups attached to an aromatic ring is 1. The van der Waals surface area contributed by atoms with Gasteiger partial charge in [-0.2, -0.15) is 0 Å². The molecule has 2 aromatic rings. The minimum atomic E-state index is -1.19. The third kappa shape index (κ3) is 2.38. The molecule has 0 saturated carbocycles.